The first-order valence-corrected chi connectivity index (χ1v) is 11.2. The molecule has 9 nitrogen and oxygen atoms in total. The van der Waals surface area contributed by atoms with Gasteiger partial charge in [-0.3, -0.25) is 4.79 Å². The Morgan fingerprint density at radius 1 is 1.44 bits per heavy atom. The number of nitrogens with zero attached hydrogens (tertiary/aromatic N) is 3. The van der Waals surface area contributed by atoms with Gasteiger partial charge in [-0.05, 0) is 18.9 Å². The Balaban J connectivity index is 1.65. The van der Waals surface area contributed by atoms with Crippen LogP contribution in [0.2, 0.25) is 0 Å². The standard InChI is InChI=1S/C23H26F2N4O5/c1-23(10-26-12-3-4-12)11-28(8-17(23)27-33-2)19-16(25)5-14-18-21(19)34-9-13(6-24)29(18)7-15(20(14)30)22(31)32/h5,7,12-13,26H,3-4,6,8-11H2,1-2H3,(H,31,32)/b27-17-/t13-,23?/m0/s1. The van der Waals surface area contributed by atoms with Crippen LogP contribution in [-0.2, 0) is 4.84 Å². The number of aromatic carboxylic acids is 1. The van der Waals surface area contributed by atoms with E-state index < -0.39 is 40.9 Å². The Morgan fingerprint density at radius 2 is 2.21 bits per heavy atom. The Bertz CT molecular complexity index is 1260. The number of pyridine rings is 1. The first-order chi connectivity index (χ1) is 16.3. The SMILES string of the molecule is CO/N=C1/CN(c2c(F)cc3c(=O)c(C(=O)O)cn4c3c2OC[C@@H]4CF)CC1(C)CNC1CC1. The number of nitrogens with one attached hydrogen (secondary N) is 1. The summed E-state index contributed by atoms with van der Waals surface area (Å²) >= 11 is 0. The molecule has 0 amide bonds. The van der Waals surface area contributed by atoms with Gasteiger partial charge in [0, 0.05) is 30.7 Å². The van der Waals surface area contributed by atoms with Crippen LogP contribution in [-0.4, -0.2) is 67.4 Å². The van der Waals surface area contributed by atoms with Crippen LogP contribution < -0.4 is 20.4 Å². The molecule has 1 unspecified atom stereocenters. The number of hydrogen-bond acceptors (Lipinski definition) is 7. The Morgan fingerprint density at radius 3 is 2.85 bits per heavy atom. The molecule has 2 atom stereocenters. The molecule has 2 fully saturated rings. The first kappa shape index (κ1) is 22.6. The van der Waals surface area contributed by atoms with Crippen molar-refractivity contribution in [1.29, 1.82) is 0 Å². The zero-order valence-electron chi connectivity index (χ0n) is 18.9. The number of hydrogen-bond donors (Lipinski definition) is 2. The predicted octanol–water partition coefficient (Wildman–Crippen LogP) is 2.32. The summed E-state index contributed by atoms with van der Waals surface area (Å²) < 4.78 is 36.6. The third kappa shape index (κ3) is 3.58. The first-order valence-electron chi connectivity index (χ1n) is 11.2. The number of ether oxygens (including phenoxy) is 1. The van der Waals surface area contributed by atoms with Crippen LogP contribution in [0, 0.1) is 11.2 Å². The Labute approximate surface area is 193 Å². The van der Waals surface area contributed by atoms with E-state index in [1.54, 1.807) is 4.90 Å². The van der Waals surface area contributed by atoms with Crippen molar-refractivity contribution >= 4 is 28.3 Å². The maximum atomic E-state index is 15.6. The number of carbonyl (C=O) groups is 1. The van der Waals surface area contributed by atoms with Crippen LogP contribution in [0.5, 0.6) is 5.75 Å². The minimum atomic E-state index is -1.45. The zero-order valence-corrected chi connectivity index (χ0v) is 18.9. The molecule has 1 saturated carbocycles. The van der Waals surface area contributed by atoms with Crippen molar-refractivity contribution in [2.24, 2.45) is 10.6 Å². The minimum Gasteiger partial charge on any atom is -0.487 e. The van der Waals surface area contributed by atoms with Crippen molar-refractivity contribution < 1.29 is 28.3 Å². The van der Waals surface area contributed by atoms with Crippen LogP contribution in [0.3, 0.4) is 0 Å². The average molecular weight is 476 g/mol. The van der Waals surface area contributed by atoms with Crippen molar-refractivity contribution in [3.63, 3.8) is 0 Å². The smallest absolute Gasteiger partial charge is 0.341 e. The highest BCUT2D eigenvalue weighted by Gasteiger charge is 2.44. The lowest BCUT2D eigenvalue weighted by molar-refractivity contribution is 0.0694. The molecule has 0 radical (unpaired) electrons. The molecule has 3 aliphatic rings. The van der Waals surface area contributed by atoms with Crippen molar-refractivity contribution in [3.05, 3.63) is 33.9 Å². The average Bonchev–Trinajstić information content (AvgIpc) is 3.58. The molecule has 1 saturated heterocycles. The molecule has 2 aromatic rings. The van der Waals surface area contributed by atoms with Crippen LogP contribution in [0.25, 0.3) is 10.9 Å². The Hall–Kier alpha value is -3.21. The lowest BCUT2D eigenvalue weighted by Gasteiger charge is -2.32. The van der Waals surface area contributed by atoms with Crippen LogP contribution >= 0.6 is 0 Å². The van der Waals surface area contributed by atoms with Crippen molar-refractivity contribution in [2.75, 3.05) is 44.9 Å². The molecule has 2 aliphatic heterocycles. The van der Waals surface area contributed by atoms with Crippen LogP contribution in [0.4, 0.5) is 14.5 Å². The number of carboxylic acids is 1. The molecular weight excluding hydrogens is 450 g/mol. The van der Waals surface area contributed by atoms with E-state index >= 15 is 4.39 Å². The number of carboxylic acid groups (broad SMARTS) is 1. The van der Waals surface area contributed by atoms with Crippen molar-refractivity contribution in [3.8, 4) is 5.75 Å². The van der Waals surface area contributed by atoms with Gasteiger partial charge < -0.3 is 29.5 Å². The van der Waals surface area contributed by atoms with E-state index in [4.69, 9.17) is 9.57 Å². The van der Waals surface area contributed by atoms with Gasteiger partial charge >= 0.3 is 5.97 Å². The molecule has 11 heteroatoms. The number of anilines is 1. The molecule has 1 aromatic carbocycles. The summed E-state index contributed by atoms with van der Waals surface area (Å²) in [4.78, 5) is 31.3. The molecule has 1 aromatic heterocycles. The van der Waals surface area contributed by atoms with Gasteiger partial charge in [0.25, 0.3) is 0 Å². The fourth-order valence-electron chi connectivity index (χ4n) is 4.86. The van der Waals surface area contributed by atoms with E-state index in [2.05, 4.69) is 10.5 Å². The molecular formula is C23H26F2N4O5. The van der Waals surface area contributed by atoms with Gasteiger partial charge in [-0.15, -0.1) is 0 Å². The number of benzene rings is 1. The maximum Gasteiger partial charge on any atom is 0.341 e. The second-order valence-corrected chi connectivity index (χ2v) is 9.43. The quantitative estimate of drug-likeness (QED) is 0.591. The van der Waals surface area contributed by atoms with Crippen molar-refractivity contribution in [2.45, 2.75) is 31.8 Å². The fraction of sp³-hybridized carbons (Fsp3) is 0.522. The number of halogens is 2. The molecule has 3 heterocycles. The number of alkyl halides is 1. The van der Waals surface area contributed by atoms with E-state index in [9.17, 15) is 19.1 Å². The summed E-state index contributed by atoms with van der Waals surface area (Å²) in [6.07, 6.45) is 3.37. The molecule has 182 valence electrons. The summed E-state index contributed by atoms with van der Waals surface area (Å²) in [6.45, 7) is 2.40. The molecule has 34 heavy (non-hydrogen) atoms. The summed E-state index contributed by atoms with van der Waals surface area (Å²) in [6, 6.07) is 0.672. The lowest BCUT2D eigenvalue weighted by Crippen LogP contribution is -2.39. The zero-order chi connectivity index (χ0) is 24.2. The lowest BCUT2D eigenvalue weighted by atomic mass is 9.88. The van der Waals surface area contributed by atoms with Gasteiger partial charge in [0.2, 0.25) is 5.43 Å². The van der Waals surface area contributed by atoms with E-state index in [0.29, 0.717) is 19.1 Å². The molecule has 1 aliphatic carbocycles. The Kier molecular flexibility index (Phi) is 5.46. The van der Waals surface area contributed by atoms with E-state index in [-0.39, 0.29) is 35.5 Å². The normalized spacial score (nSPS) is 25.1. The third-order valence-electron chi connectivity index (χ3n) is 6.87. The number of rotatable bonds is 7. The maximum absolute atomic E-state index is 15.6. The fourth-order valence-corrected chi connectivity index (χ4v) is 4.86. The second kappa shape index (κ2) is 8.23. The van der Waals surface area contributed by atoms with E-state index in [1.165, 1.54) is 11.7 Å². The molecule has 5 rings (SSSR count). The van der Waals surface area contributed by atoms with Crippen LogP contribution in [0.15, 0.2) is 22.2 Å². The van der Waals surface area contributed by atoms with Gasteiger partial charge in [0.1, 0.15) is 31.6 Å². The largest absolute Gasteiger partial charge is 0.487 e. The van der Waals surface area contributed by atoms with Gasteiger partial charge in [0.05, 0.1) is 29.2 Å². The van der Waals surface area contributed by atoms with Crippen molar-refractivity contribution in [1.82, 2.24) is 9.88 Å². The monoisotopic (exact) mass is 476 g/mol. The summed E-state index contributed by atoms with van der Waals surface area (Å²) in [7, 11) is 1.46. The third-order valence-corrected chi connectivity index (χ3v) is 6.87. The molecule has 0 spiro atoms. The highest BCUT2D eigenvalue weighted by molar-refractivity contribution is 6.01. The van der Waals surface area contributed by atoms with E-state index in [0.717, 1.165) is 30.8 Å². The molecule has 2 N–H and O–H groups in total. The summed E-state index contributed by atoms with van der Waals surface area (Å²) in [5.74, 6) is -2.07. The summed E-state index contributed by atoms with van der Waals surface area (Å²) in [5.41, 5.74) is -0.744. The number of aromatic nitrogens is 1. The molecule has 0 bridgehead atoms. The van der Waals surface area contributed by atoms with Gasteiger partial charge in [0.15, 0.2) is 11.6 Å². The second-order valence-electron chi connectivity index (χ2n) is 9.43. The highest BCUT2D eigenvalue weighted by atomic mass is 19.1. The topological polar surface area (TPSA) is 105 Å². The minimum absolute atomic E-state index is 0.102. The van der Waals surface area contributed by atoms with Gasteiger partial charge in [-0.1, -0.05) is 12.1 Å². The van der Waals surface area contributed by atoms with Gasteiger partial charge in [-0.2, -0.15) is 0 Å². The highest BCUT2D eigenvalue weighted by Crippen LogP contribution is 2.44. The van der Waals surface area contributed by atoms with Gasteiger partial charge in [-0.25, -0.2) is 13.6 Å². The van der Waals surface area contributed by atoms with Crippen LogP contribution in [0.1, 0.15) is 36.2 Å². The predicted molar refractivity (Wildman–Crippen MR) is 121 cm³/mol. The summed E-state index contributed by atoms with van der Waals surface area (Å²) in [5, 5.41) is 17.0. The number of oxime groups is 1. The van der Waals surface area contributed by atoms with E-state index in [1.807, 2.05) is 6.92 Å².